The number of aromatic nitrogens is 2. The lowest BCUT2D eigenvalue weighted by Gasteiger charge is -2.13. The molecule has 0 radical (unpaired) electrons. The minimum Gasteiger partial charge on any atom is -0.373 e. The summed E-state index contributed by atoms with van der Waals surface area (Å²) in [6.07, 6.45) is 1.15. The first kappa shape index (κ1) is 12.3. The zero-order valence-corrected chi connectivity index (χ0v) is 10.9. The van der Waals surface area contributed by atoms with Crippen LogP contribution in [0, 0.1) is 13.8 Å². The third-order valence-electron chi connectivity index (χ3n) is 2.34. The second kappa shape index (κ2) is 5.35. The molecule has 0 spiro atoms. The molecule has 0 aliphatic carbocycles. The van der Waals surface area contributed by atoms with Gasteiger partial charge in [0.15, 0.2) is 0 Å². The van der Waals surface area contributed by atoms with E-state index < -0.39 is 0 Å². The van der Waals surface area contributed by atoms with E-state index in [4.69, 9.17) is 0 Å². The Bertz CT molecular complexity index is 339. The summed E-state index contributed by atoms with van der Waals surface area (Å²) in [6, 6.07) is 0. The molecule has 4 heteroatoms. The lowest BCUT2D eigenvalue weighted by molar-refractivity contribution is 0.886. The molecule has 1 rings (SSSR count). The van der Waals surface area contributed by atoms with Gasteiger partial charge in [0.2, 0.25) is 0 Å². The van der Waals surface area contributed by atoms with Crippen LogP contribution in [0.25, 0.3) is 0 Å². The third kappa shape index (κ3) is 3.09. The van der Waals surface area contributed by atoms with Gasteiger partial charge in [-0.2, -0.15) is 0 Å². The molecule has 0 bridgehead atoms. The van der Waals surface area contributed by atoms with Crippen LogP contribution in [-0.4, -0.2) is 22.3 Å². The summed E-state index contributed by atoms with van der Waals surface area (Å²) in [5.74, 6) is 1.77. The number of hydrogen-bond donors (Lipinski definition) is 1. The molecule has 1 aromatic heterocycles. The largest absolute Gasteiger partial charge is 0.373 e. The van der Waals surface area contributed by atoms with Crippen LogP contribution in [0.3, 0.4) is 0 Å². The van der Waals surface area contributed by atoms with E-state index in [0.717, 1.165) is 28.7 Å². The zero-order valence-electron chi connectivity index (χ0n) is 10.1. The predicted octanol–water partition coefficient (Wildman–Crippen LogP) is 3.03. The monoisotopic (exact) mass is 225 g/mol. The summed E-state index contributed by atoms with van der Waals surface area (Å²) in [4.78, 5) is 8.83. The molecule has 1 atom stereocenters. The van der Waals surface area contributed by atoms with E-state index in [-0.39, 0.29) is 0 Å². The minimum atomic E-state index is 0.600. The second-order valence-electron chi connectivity index (χ2n) is 3.64. The number of nitrogens with one attached hydrogen (secondary N) is 1. The Morgan fingerprint density at radius 3 is 2.53 bits per heavy atom. The van der Waals surface area contributed by atoms with Gasteiger partial charge < -0.3 is 5.32 Å². The maximum Gasteiger partial charge on any atom is 0.133 e. The highest BCUT2D eigenvalue weighted by molar-refractivity contribution is 7.99. The molecule has 15 heavy (non-hydrogen) atoms. The Labute approximate surface area is 96.1 Å². The number of rotatable bonds is 4. The molecule has 1 unspecified atom stereocenters. The highest BCUT2D eigenvalue weighted by Gasteiger charge is 2.11. The fourth-order valence-electron chi connectivity index (χ4n) is 1.23. The molecule has 1 aromatic rings. The maximum atomic E-state index is 4.48. The van der Waals surface area contributed by atoms with Crippen molar-refractivity contribution in [2.24, 2.45) is 0 Å². The first-order chi connectivity index (χ1) is 7.08. The van der Waals surface area contributed by atoms with Crippen LogP contribution < -0.4 is 5.32 Å². The normalized spacial score (nSPS) is 12.6. The third-order valence-corrected chi connectivity index (χ3v) is 3.69. The van der Waals surface area contributed by atoms with Crippen LogP contribution in [0.5, 0.6) is 0 Å². The Kier molecular flexibility index (Phi) is 4.39. The van der Waals surface area contributed by atoms with Crippen LogP contribution in [0.15, 0.2) is 5.03 Å². The van der Waals surface area contributed by atoms with Crippen LogP contribution >= 0.6 is 11.8 Å². The summed E-state index contributed by atoms with van der Waals surface area (Å²) < 4.78 is 0. The van der Waals surface area contributed by atoms with Gasteiger partial charge in [0.25, 0.3) is 0 Å². The first-order valence-corrected chi connectivity index (χ1v) is 6.16. The molecular formula is C11H19N3S. The van der Waals surface area contributed by atoms with E-state index in [0.29, 0.717) is 5.25 Å². The lowest BCUT2D eigenvalue weighted by Crippen LogP contribution is -2.04. The molecule has 0 saturated heterocycles. The zero-order chi connectivity index (χ0) is 11.4. The molecule has 0 aromatic carbocycles. The van der Waals surface area contributed by atoms with Crippen molar-refractivity contribution in [2.75, 3.05) is 12.4 Å². The van der Waals surface area contributed by atoms with Crippen molar-refractivity contribution in [3.05, 3.63) is 11.4 Å². The van der Waals surface area contributed by atoms with Gasteiger partial charge >= 0.3 is 0 Å². The van der Waals surface area contributed by atoms with E-state index in [1.165, 1.54) is 0 Å². The average molecular weight is 225 g/mol. The van der Waals surface area contributed by atoms with Crippen molar-refractivity contribution in [3.8, 4) is 0 Å². The van der Waals surface area contributed by atoms with Crippen LogP contribution in [0.1, 0.15) is 31.7 Å². The van der Waals surface area contributed by atoms with Gasteiger partial charge in [-0.3, -0.25) is 0 Å². The van der Waals surface area contributed by atoms with Crippen LogP contribution in [0.2, 0.25) is 0 Å². The Morgan fingerprint density at radius 1 is 1.33 bits per heavy atom. The molecule has 3 nitrogen and oxygen atoms in total. The maximum absolute atomic E-state index is 4.48. The molecule has 0 aliphatic rings. The Morgan fingerprint density at radius 2 is 2.00 bits per heavy atom. The quantitative estimate of drug-likeness (QED) is 0.631. The molecule has 84 valence electrons. The van der Waals surface area contributed by atoms with Crippen molar-refractivity contribution in [1.82, 2.24) is 9.97 Å². The summed E-state index contributed by atoms with van der Waals surface area (Å²) in [6.45, 7) is 8.41. The fourth-order valence-corrected chi connectivity index (χ4v) is 2.24. The SMILES string of the molecule is CCC(C)Sc1nc(C)nc(NC)c1C. The second-order valence-corrected chi connectivity index (χ2v) is 5.06. The number of hydrogen-bond acceptors (Lipinski definition) is 4. The smallest absolute Gasteiger partial charge is 0.133 e. The molecule has 0 fully saturated rings. The minimum absolute atomic E-state index is 0.600. The molecule has 1 heterocycles. The molecule has 0 amide bonds. The molecule has 1 N–H and O–H groups in total. The van der Waals surface area contributed by atoms with Crippen molar-refractivity contribution in [1.29, 1.82) is 0 Å². The van der Waals surface area contributed by atoms with Gasteiger partial charge in [0.1, 0.15) is 16.7 Å². The van der Waals surface area contributed by atoms with E-state index in [2.05, 4.69) is 36.1 Å². The Hall–Kier alpha value is -0.770. The lowest BCUT2D eigenvalue weighted by atomic mass is 10.3. The summed E-state index contributed by atoms with van der Waals surface area (Å²) >= 11 is 1.82. The number of nitrogens with zero attached hydrogens (tertiary/aromatic N) is 2. The predicted molar refractivity (Wildman–Crippen MR) is 66.7 cm³/mol. The van der Waals surface area contributed by atoms with Crippen molar-refractivity contribution >= 4 is 17.6 Å². The van der Waals surface area contributed by atoms with Gasteiger partial charge in [-0.05, 0) is 20.3 Å². The van der Waals surface area contributed by atoms with E-state index in [9.17, 15) is 0 Å². The number of thioether (sulfide) groups is 1. The number of aryl methyl sites for hydroxylation is 1. The fraction of sp³-hybridized carbons (Fsp3) is 0.636. The van der Waals surface area contributed by atoms with Gasteiger partial charge in [0.05, 0.1) is 0 Å². The Balaban J connectivity index is 3.01. The topological polar surface area (TPSA) is 37.8 Å². The van der Waals surface area contributed by atoms with E-state index in [1.54, 1.807) is 0 Å². The standard InChI is InChI=1S/C11H19N3S/c1-6-7(2)15-11-8(3)10(12-5)13-9(4)14-11/h7H,6H2,1-5H3,(H,12,13,14). The summed E-state index contributed by atoms with van der Waals surface area (Å²) in [5, 5.41) is 4.80. The van der Waals surface area contributed by atoms with Gasteiger partial charge in [-0.25, -0.2) is 9.97 Å². The molecular weight excluding hydrogens is 206 g/mol. The summed E-state index contributed by atoms with van der Waals surface area (Å²) in [5.41, 5.74) is 1.15. The van der Waals surface area contributed by atoms with Crippen molar-refractivity contribution in [2.45, 2.75) is 44.4 Å². The van der Waals surface area contributed by atoms with E-state index >= 15 is 0 Å². The van der Waals surface area contributed by atoms with Crippen LogP contribution in [0.4, 0.5) is 5.82 Å². The van der Waals surface area contributed by atoms with Crippen molar-refractivity contribution < 1.29 is 0 Å². The van der Waals surface area contributed by atoms with E-state index in [1.807, 2.05) is 25.7 Å². The highest BCUT2D eigenvalue weighted by Crippen LogP contribution is 2.29. The first-order valence-electron chi connectivity index (χ1n) is 5.28. The highest BCUT2D eigenvalue weighted by atomic mass is 32.2. The van der Waals surface area contributed by atoms with Gasteiger partial charge in [-0.1, -0.05) is 13.8 Å². The summed E-state index contributed by atoms with van der Waals surface area (Å²) in [7, 11) is 1.90. The average Bonchev–Trinajstić information content (AvgIpc) is 2.22. The van der Waals surface area contributed by atoms with Crippen molar-refractivity contribution in [3.63, 3.8) is 0 Å². The molecule has 0 aliphatic heterocycles. The van der Waals surface area contributed by atoms with Gasteiger partial charge in [0, 0.05) is 17.9 Å². The van der Waals surface area contributed by atoms with Crippen LogP contribution in [-0.2, 0) is 0 Å². The van der Waals surface area contributed by atoms with Gasteiger partial charge in [-0.15, -0.1) is 11.8 Å². The number of anilines is 1. The molecule has 0 saturated carbocycles.